The van der Waals surface area contributed by atoms with E-state index >= 15 is 0 Å². The van der Waals surface area contributed by atoms with Crippen LogP contribution in [-0.4, -0.2) is 28.3 Å². The topological polar surface area (TPSA) is 72.0 Å². The van der Waals surface area contributed by atoms with E-state index in [1.807, 2.05) is 6.07 Å². The first-order valence-corrected chi connectivity index (χ1v) is 11.5. The molecule has 1 heterocycles. The fourth-order valence-corrected chi connectivity index (χ4v) is 5.71. The molecule has 0 radical (unpaired) electrons. The van der Waals surface area contributed by atoms with E-state index in [4.69, 9.17) is 9.72 Å². The number of fused-ring (bicyclic) bond motifs is 3. The predicted molar refractivity (Wildman–Crippen MR) is 115 cm³/mol. The smallest absolute Gasteiger partial charge is 0.316 e. The summed E-state index contributed by atoms with van der Waals surface area (Å²) in [7, 11) is 0. The summed E-state index contributed by atoms with van der Waals surface area (Å²) in [6.45, 7) is 4.38. The molecule has 0 aliphatic heterocycles. The summed E-state index contributed by atoms with van der Waals surface area (Å²) in [5.41, 5.74) is 3.63. The zero-order valence-electron chi connectivity index (χ0n) is 17.1. The molecule has 29 heavy (non-hydrogen) atoms. The standard InChI is InChI=1S/C23H28N2O3S/c1-3-28-18(26)14-29-22-24-20-17-12-8-7-9-15(17)13-23(2,19(20)21(27)25-22)16-10-5-4-6-11-16/h7-9,12,16H,3-6,10-11,13-14H2,1-2H3,(H,24,25,27). The van der Waals surface area contributed by atoms with Gasteiger partial charge in [-0.05, 0) is 37.7 Å². The number of nitrogens with one attached hydrogen (secondary N) is 1. The molecule has 1 aromatic heterocycles. The predicted octanol–water partition coefficient (Wildman–Crippen LogP) is 4.49. The molecule has 1 aromatic carbocycles. The Kier molecular flexibility index (Phi) is 5.81. The van der Waals surface area contributed by atoms with Crippen molar-refractivity contribution in [1.82, 2.24) is 9.97 Å². The number of nitrogens with zero attached hydrogens (tertiary/aromatic N) is 1. The summed E-state index contributed by atoms with van der Waals surface area (Å²) in [5, 5.41) is 0.476. The maximum absolute atomic E-state index is 13.3. The Morgan fingerprint density at radius 2 is 2.03 bits per heavy atom. The van der Waals surface area contributed by atoms with Gasteiger partial charge in [-0.1, -0.05) is 62.2 Å². The highest BCUT2D eigenvalue weighted by Gasteiger charge is 2.44. The lowest BCUT2D eigenvalue weighted by Crippen LogP contribution is -2.43. The quantitative estimate of drug-likeness (QED) is 0.445. The van der Waals surface area contributed by atoms with E-state index in [0.717, 1.165) is 36.1 Å². The zero-order valence-corrected chi connectivity index (χ0v) is 17.9. The Labute approximate surface area is 175 Å². The molecule has 2 aromatic rings. The first-order chi connectivity index (χ1) is 14.0. The van der Waals surface area contributed by atoms with Crippen LogP contribution in [-0.2, 0) is 21.4 Å². The van der Waals surface area contributed by atoms with Gasteiger partial charge in [0.2, 0.25) is 0 Å². The van der Waals surface area contributed by atoms with Crippen LogP contribution < -0.4 is 5.56 Å². The molecule has 2 aliphatic rings. The molecule has 1 fully saturated rings. The Morgan fingerprint density at radius 3 is 2.79 bits per heavy atom. The van der Waals surface area contributed by atoms with Gasteiger partial charge in [0.1, 0.15) is 0 Å². The highest BCUT2D eigenvalue weighted by atomic mass is 32.2. The SMILES string of the molecule is CCOC(=O)CSc1nc2c(c(=O)[nH]1)C(C)(C1CCCCC1)Cc1ccccc1-2. The molecule has 2 aliphatic carbocycles. The van der Waals surface area contributed by atoms with Crippen molar-refractivity contribution < 1.29 is 9.53 Å². The van der Waals surface area contributed by atoms with Crippen LogP contribution in [0.2, 0.25) is 0 Å². The third-order valence-corrected chi connectivity index (χ3v) is 7.28. The molecular weight excluding hydrogens is 384 g/mol. The van der Waals surface area contributed by atoms with E-state index in [1.165, 1.54) is 36.6 Å². The Bertz CT molecular complexity index is 965. The normalized spacial score (nSPS) is 21.3. The first-order valence-electron chi connectivity index (χ1n) is 10.5. The number of aromatic nitrogens is 2. The second kappa shape index (κ2) is 8.34. The fourth-order valence-electron chi connectivity index (χ4n) is 5.05. The largest absolute Gasteiger partial charge is 0.465 e. The average molecular weight is 413 g/mol. The van der Waals surface area contributed by atoms with Crippen molar-refractivity contribution in [3.05, 3.63) is 45.7 Å². The van der Waals surface area contributed by atoms with Crippen molar-refractivity contribution in [2.45, 2.75) is 62.9 Å². The van der Waals surface area contributed by atoms with E-state index in [0.29, 0.717) is 17.7 Å². The second-order valence-corrected chi connectivity index (χ2v) is 9.24. The molecule has 0 amide bonds. The molecule has 1 unspecified atom stereocenters. The van der Waals surface area contributed by atoms with E-state index in [9.17, 15) is 9.59 Å². The van der Waals surface area contributed by atoms with E-state index in [1.54, 1.807) is 6.92 Å². The molecule has 0 bridgehead atoms. The van der Waals surface area contributed by atoms with Crippen LogP contribution in [0.25, 0.3) is 11.3 Å². The van der Waals surface area contributed by atoms with Gasteiger partial charge >= 0.3 is 5.97 Å². The minimum atomic E-state index is -0.301. The highest BCUT2D eigenvalue weighted by Crippen LogP contribution is 2.48. The van der Waals surface area contributed by atoms with Crippen LogP contribution in [0.15, 0.2) is 34.2 Å². The lowest BCUT2D eigenvalue weighted by molar-refractivity contribution is -0.139. The number of carbonyl (C=O) groups is 1. The van der Waals surface area contributed by atoms with Crippen LogP contribution >= 0.6 is 11.8 Å². The number of carbonyl (C=O) groups excluding carboxylic acids is 1. The summed E-state index contributed by atoms with van der Waals surface area (Å²) in [6, 6.07) is 8.28. The Hall–Kier alpha value is -2.08. The average Bonchev–Trinajstić information content (AvgIpc) is 2.73. The van der Waals surface area contributed by atoms with Gasteiger partial charge in [0.05, 0.1) is 23.6 Å². The Morgan fingerprint density at radius 1 is 1.28 bits per heavy atom. The zero-order chi connectivity index (χ0) is 20.4. The lowest BCUT2D eigenvalue weighted by Gasteiger charge is -2.43. The minimum Gasteiger partial charge on any atom is -0.465 e. The minimum absolute atomic E-state index is 0.0658. The molecule has 6 heteroatoms. The maximum Gasteiger partial charge on any atom is 0.316 e. The molecule has 1 saturated carbocycles. The third kappa shape index (κ3) is 3.87. The van der Waals surface area contributed by atoms with Crippen molar-refractivity contribution >= 4 is 17.7 Å². The number of hydrogen-bond donors (Lipinski definition) is 1. The Balaban J connectivity index is 1.77. The van der Waals surface area contributed by atoms with Crippen LogP contribution in [0.4, 0.5) is 0 Å². The second-order valence-electron chi connectivity index (χ2n) is 8.27. The summed E-state index contributed by atoms with van der Waals surface area (Å²) in [4.78, 5) is 32.8. The van der Waals surface area contributed by atoms with Gasteiger partial charge in [-0.25, -0.2) is 4.98 Å². The third-order valence-electron chi connectivity index (χ3n) is 6.44. The number of rotatable bonds is 5. The van der Waals surface area contributed by atoms with Gasteiger partial charge in [-0.15, -0.1) is 0 Å². The summed E-state index contributed by atoms with van der Waals surface area (Å²) >= 11 is 1.22. The molecule has 0 saturated heterocycles. The number of thioether (sulfide) groups is 1. The number of aromatic amines is 1. The number of H-pyrrole nitrogens is 1. The van der Waals surface area contributed by atoms with Crippen molar-refractivity contribution in [1.29, 1.82) is 0 Å². The van der Waals surface area contributed by atoms with Gasteiger partial charge < -0.3 is 9.72 Å². The van der Waals surface area contributed by atoms with Crippen LogP contribution in [0.3, 0.4) is 0 Å². The molecule has 5 nitrogen and oxygen atoms in total. The van der Waals surface area contributed by atoms with E-state index in [2.05, 4.69) is 30.1 Å². The number of hydrogen-bond acceptors (Lipinski definition) is 5. The first kappa shape index (κ1) is 20.2. The van der Waals surface area contributed by atoms with E-state index < -0.39 is 0 Å². The van der Waals surface area contributed by atoms with Crippen molar-refractivity contribution in [2.75, 3.05) is 12.4 Å². The molecule has 154 valence electrons. The fraction of sp³-hybridized carbons (Fsp3) is 0.522. The number of benzene rings is 1. The number of esters is 1. The molecule has 1 atom stereocenters. The van der Waals surface area contributed by atoms with E-state index in [-0.39, 0.29) is 22.7 Å². The highest BCUT2D eigenvalue weighted by molar-refractivity contribution is 7.99. The van der Waals surface area contributed by atoms with Crippen molar-refractivity contribution in [2.24, 2.45) is 5.92 Å². The lowest BCUT2D eigenvalue weighted by atomic mass is 9.60. The van der Waals surface area contributed by atoms with Gasteiger partial charge in [0.15, 0.2) is 5.16 Å². The molecule has 0 spiro atoms. The van der Waals surface area contributed by atoms with Gasteiger partial charge in [0.25, 0.3) is 5.56 Å². The molecule has 4 rings (SSSR count). The van der Waals surface area contributed by atoms with Crippen LogP contribution in [0, 0.1) is 5.92 Å². The monoisotopic (exact) mass is 412 g/mol. The maximum atomic E-state index is 13.3. The molecule has 1 N–H and O–H groups in total. The summed E-state index contributed by atoms with van der Waals surface area (Å²) in [5.74, 6) is 0.325. The number of ether oxygens (including phenoxy) is 1. The summed E-state index contributed by atoms with van der Waals surface area (Å²) in [6.07, 6.45) is 6.95. The van der Waals surface area contributed by atoms with Gasteiger partial charge in [-0.2, -0.15) is 0 Å². The molecular formula is C23H28N2O3S. The van der Waals surface area contributed by atoms with Gasteiger partial charge in [0, 0.05) is 11.0 Å². The van der Waals surface area contributed by atoms with Crippen LogP contribution in [0.1, 0.15) is 57.1 Å². The van der Waals surface area contributed by atoms with Gasteiger partial charge in [-0.3, -0.25) is 9.59 Å². The summed E-state index contributed by atoms with van der Waals surface area (Å²) < 4.78 is 5.00. The van der Waals surface area contributed by atoms with Crippen LogP contribution in [0.5, 0.6) is 0 Å². The van der Waals surface area contributed by atoms with Crippen molar-refractivity contribution in [3.63, 3.8) is 0 Å². The van der Waals surface area contributed by atoms with Crippen molar-refractivity contribution in [3.8, 4) is 11.3 Å².